The highest BCUT2D eigenvalue weighted by Crippen LogP contribution is 2.09. The summed E-state index contributed by atoms with van der Waals surface area (Å²) >= 11 is 1.55. The summed E-state index contributed by atoms with van der Waals surface area (Å²) in [7, 11) is 0. The van der Waals surface area contributed by atoms with Crippen LogP contribution in [0, 0.1) is 6.92 Å². The van der Waals surface area contributed by atoms with Crippen molar-refractivity contribution in [2.24, 2.45) is 0 Å². The quantitative estimate of drug-likeness (QED) is 0.796. The number of nitrogens with zero attached hydrogens (tertiary/aromatic N) is 1. The number of piperidine rings is 1. The third kappa shape index (κ3) is 3.66. The number of hydrogen-bond acceptors (Lipinski definition) is 4. The zero-order valence-corrected chi connectivity index (χ0v) is 10.9. The Morgan fingerprint density at radius 2 is 2.50 bits per heavy atom. The van der Waals surface area contributed by atoms with E-state index in [0.717, 1.165) is 10.7 Å². The number of aryl methyl sites for hydroxylation is 1. The molecule has 2 amide bonds. The average Bonchev–Trinajstić information content (AvgIpc) is 2.76. The third-order valence-corrected chi connectivity index (χ3v) is 3.45. The van der Waals surface area contributed by atoms with E-state index in [2.05, 4.69) is 15.6 Å². The molecule has 2 rings (SSSR count). The second kappa shape index (κ2) is 5.77. The average molecular weight is 265 g/mol. The molecule has 0 saturated carbocycles. The van der Waals surface area contributed by atoms with Gasteiger partial charge in [0.15, 0.2) is 0 Å². The largest absolute Gasteiger partial charge is 0.354 e. The van der Waals surface area contributed by atoms with E-state index in [9.17, 15) is 9.59 Å². The van der Waals surface area contributed by atoms with Gasteiger partial charge in [0.25, 0.3) is 0 Å². The molecule has 5 nitrogen and oxygen atoms in total. The summed E-state index contributed by atoms with van der Waals surface area (Å²) in [5.41, 5.74) is 0.796. The number of amides is 2. The zero-order valence-electron chi connectivity index (χ0n) is 10.1. The Balaban J connectivity index is 1.81. The summed E-state index contributed by atoms with van der Waals surface area (Å²) in [5, 5.41) is 8.46. The van der Waals surface area contributed by atoms with Gasteiger partial charge >= 0.3 is 0 Å². The van der Waals surface area contributed by atoms with Gasteiger partial charge in [-0.3, -0.25) is 9.59 Å². The van der Waals surface area contributed by atoms with Crippen molar-refractivity contribution in [3.63, 3.8) is 0 Å². The number of carbonyl (C=O) groups is 2. The van der Waals surface area contributed by atoms with Crippen LogP contribution >= 0.6 is 11.3 Å². The summed E-state index contributed by atoms with van der Waals surface area (Å²) in [6, 6.07) is 0.0250. The number of thiazole rings is 1. The molecule has 1 saturated heterocycles. The van der Waals surface area contributed by atoms with Gasteiger partial charge in [0.2, 0.25) is 11.8 Å². The predicted octanol–water partition coefficient (Wildman–Crippen LogP) is 0.860. The van der Waals surface area contributed by atoms with Crippen LogP contribution in [0.4, 0.5) is 0 Å². The number of nitrogens with one attached hydrogen (secondary N) is 2. The number of hydrogen-bond donors (Lipinski definition) is 2. The molecule has 1 unspecified atom stereocenters. The minimum absolute atomic E-state index is 0.0250. The van der Waals surface area contributed by atoms with Gasteiger partial charge < -0.3 is 10.6 Å². The minimum Gasteiger partial charge on any atom is -0.354 e. The van der Waals surface area contributed by atoms with Gasteiger partial charge in [-0.2, -0.15) is 0 Å². The topological polar surface area (TPSA) is 71.1 Å². The van der Waals surface area contributed by atoms with Crippen LogP contribution < -0.4 is 10.6 Å². The number of rotatable bonds is 3. The molecule has 1 fully saturated rings. The first-order chi connectivity index (χ1) is 8.63. The van der Waals surface area contributed by atoms with E-state index in [0.29, 0.717) is 19.4 Å². The summed E-state index contributed by atoms with van der Waals surface area (Å²) in [5.74, 6) is -0.101. The van der Waals surface area contributed by atoms with Crippen LogP contribution in [0.15, 0.2) is 11.5 Å². The van der Waals surface area contributed by atoms with Gasteiger partial charge in [-0.25, -0.2) is 4.98 Å². The van der Waals surface area contributed by atoms with Gasteiger partial charge in [0.05, 0.1) is 10.7 Å². The van der Waals surface area contributed by atoms with Crippen molar-refractivity contribution in [2.45, 2.75) is 25.8 Å². The van der Waals surface area contributed by atoms with Gasteiger partial charge in [-0.15, -0.1) is 11.3 Å². The molecular formula is C12H15N3O2S. The minimum atomic E-state index is -0.151. The van der Waals surface area contributed by atoms with Gasteiger partial charge in [0.1, 0.15) is 0 Å². The molecule has 2 heterocycles. The highest BCUT2D eigenvalue weighted by Gasteiger charge is 2.18. The Kier molecular flexibility index (Phi) is 4.09. The van der Waals surface area contributed by atoms with Crippen LogP contribution in [-0.2, 0) is 9.59 Å². The van der Waals surface area contributed by atoms with Crippen LogP contribution in [-0.4, -0.2) is 29.4 Å². The maximum Gasteiger partial charge on any atom is 0.244 e. The van der Waals surface area contributed by atoms with Crippen molar-refractivity contribution in [2.75, 3.05) is 6.54 Å². The molecule has 1 atom stereocenters. The van der Waals surface area contributed by atoms with E-state index in [1.165, 1.54) is 6.08 Å². The number of carbonyl (C=O) groups excluding carboxylic acids is 2. The van der Waals surface area contributed by atoms with Crippen LogP contribution in [0.3, 0.4) is 0 Å². The fraction of sp³-hybridized carbons (Fsp3) is 0.417. The molecule has 1 aromatic heterocycles. The smallest absolute Gasteiger partial charge is 0.244 e. The Labute approximate surface area is 109 Å². The highest BCUT2D eigenvalue weighted by molar-refractivity contribution is 7.09. The number of aromatic nitrogens is 1. The van der Waals surface area contributed by atoms with E-state index in [4.69, 9.17) is 0 Å². The Bertz CT molecular complexity index is 471. The van der Waals surface area contributed by atoms with Crippen molar-refractivity contribution in [1.82, 2.24) is 15.6 Å². The predicted molar refractivity (Wildman–Crippen MR) is 70.1 cm³/mol. The van der Waals surface area contributed by atoms with Crippen molar-refractivity contribution < 1.29 is 9.59 Å². The molecule has 1 aliphatic rings. The van der Waals surface area contributed by atoms with Gasteiger partial charge in [-0.05, 0) is 19.4 Å². The van der Waals surface area contributed by atoms with E-state index in [-0.39, 0.29) is 17.9 Å². The SMILES string of the molecule is Cc1nc(C=CC(=O)NC2CCC(=O)NC2)cs1. The lowest BCUT2D eigenvalue weighted by Gasteiger charge is -2.22. The van der Waals surface area contributed by atoms with Crippen molar-refractivity contribution in [3.05, 3.63) is 22.2 Å². The fourth-order valence-corrected chi connectivity index (χ4v) is 2.30. The van der Waals surface area contributed by atoms with Crippen LogP contribution in [0.2, 0.25) is 0 Å². The van der Waals surface area contributed by atoms with E-state index in [1.807, 2.05) is 12.3 Å². The molecular weight excluding hydrogens is 250 g/mol. The first-order valence-corrected chi connectivity index (χ1v) is 6.69. The molecule has 0 bridgehead atoms. The van der Waals surface area contributed by atoms with Crippen molar-refractivity contribution in [3.8, 4) is 0 Å². The molecule has 0 aliphatic carbocycles. The summed E-state index contributed by atoms with van der Waals surface area (Å²) in [6.45, 7) is 2.43. The van der Waals surface area contributed by atoms with Crippen LogP contribution in [0.25, 0.3) is 6.08 Å². The molecule has 2 N–H and O–H groups in total. The second-order valence-electron chi connectivity index (χ2n) is 4.17. The summed E-state index contributed by atoms with van der Waals surface area (Å²) < 4.78 is 0. The molecule has 96 valence electrons. The molecule has 1 aliphatic heterocycles. The lowest BCUT2D eigenvalue weighted by atomic mass is 10.1. The molecule has 0 radical (unpaired) electrons. The molecule has 18 heavy (non-hydrogen) atoms. The molecule has 0 aromatic carbocycles. The Morgan fingerprint density at radius 1 is 1.67 bits per heavy atom. The molecule has 6 heteroatoms. The van der Waals surface area contributed by atoms with E-state index >= 15 is 0 Å². The van der Waals surface area contributed by atoms with Crippen LogP contribution in [0.1, 0.15) is 23.5 Å². The standard InChI is InChI=1S/C12H15N3O2S/c1-8-14-10(7-18-8)3-5-12(17)15-9-2-4-11(16)13-6-9/h3,5,7,9H,2,4,6H2,1H3,(H,13,16)(H,15,17). The second-order valence-corrected chi connectivity index (χ2v) is 5.24. The maximum atomic E-state index is 11.6. The summed E-state index contributed by atoms with van der Waals surface area (Å²) in [4.78, 5) is 26.8. The third-order valence-electron chi connectivity index (χ3n) is 2.65. The first-order valence-electron chi connectivity index (χ1n) is 5.81. The Morgan fingerprint density at radius 3 is 3.11 bits per heavy atom. The van der Waals surface area contributed by atoms with E-state index < -0.39 is 0 Å². The first kappa shape index (κ1) is 12.8. The van der Waals surface area contributed by atoms with Crippen LogP contribution in [0.5, 0.6) is 0 Å². The normalized spacial score (nSPS) is 19.8. The van der Waals surface area contributed by atoms with E-state index in [1.54, 1.807) is 17.4 Å². The lowest BCUT2D eigenvalue weighted by molar-refractivity contribution is -0.124. The summed E-state index contributed by atoms with van der Waals surface area (Å²) in [6.07, 6.45) is 4.34. The molecule has 1 aromatic rings. The lowest BCUT2D eigenvalue weighted by Crippen LogP contribution is -2.47. The Hall–Kier alpha value is -1.69. The van der Waals surface area contributed by atoms with Gasteiger partial charge in [0, 0.05) is 30.5 Å². The highest BCUT2D eigenvalue weighted by atomic mass is 32.1. The fourth-order valence-electron chi connectivity index (χ4n) is 1.72. The zero-order chi connectivity index (χ0) is 13.0. The molecule has 0 spiro atoms. The maximum absolute atomic E-state index is 11.6. The van der Waals surface area contributed by atoms with Gasteiger partial charge in [-0.1, -0.05) is 0 Å². The monoisotopic (exact) mass is 265 g/mol. The van der Waals surface area contributed by atoms with Crippen molar-refractivity contribution >= 4 is 29.2 Å². The van der Waals surface area contributed by atoms with Crippen molar-refractivity contribution in [1.29, 1.82) is 0 Å².